The lowest BCUT2D eigenvalue weighted by atomic mass is 10.2. The van der Waals surface area contributed by atoms with Crippen molar-refractivity contribution in [3.8, 4) is 16.3 Å². The number of carbonyl (C=O) groups is 1. The van der Waals surface area contributed by atoms with Gasteiger partial charge in [0.1, 0.15) is 21.5 Å². The first-order valence-corrected chi connectivity index (χ1v) is 9.57. The Morgan fingerprint density at radius 1 is 1.27 bits per heavy atom. The van der Waals surface area contributed by atoms with E-state index in [1.54, 1.807) is 6.07 Å². The molecule has 3 rings (SSSR count). The number of hydrogen-bond acceptors (Lipinski definition) is 5. The highest BCUT2D eigenvalue weighted by Gasteiger charge is 2.27. The first-order valence-electron chi connectivity index (χ1n) is 8.75. The molecule has 0 bridgehead atoms. The van der Waals surface area contributed by atoms with Crippen molar-refractivity contribution in [2.24, 2.45) is 0 Å². The molecule has 26 heavy (non-hydrogen) atoms. The first-order chi connectivity index (χ1) is 12.4. The number of nitrogens with zero attached hydrogens (tertiary/aromatic N) is 3. The van der Waals surface area contributed by atoms with Crippen LogP contribution in [0, 0.1) is 12.7 Å². The third kappa shape index (κ3) is 3.73. The molecule has 1 amide bonds. The summed E-state index contributed by atoms with van der Waals surface area (Å²) in [6, 6.07) is 4.81. The van der Waals surface area contributed by atoms with Gasteiger partial charge in [0.05, 0.1) is 18.4 Å². The molecule has 5 nitrogen and oxygen atoms in total. The molecule has 2 aromatic rings. The number of aromatic nitrogens is 1. The van der Waals surface area contributed by atoms with Crippen LogP contribution < -0.4 is 4.74 Å². The van der Waals surface area contributed by atoms with E-state index in [-0.39, 0.29) is 11.7 Å². The van der Waals surface area contributed by atoms with Crippen molar-refractivity contribution in [2.45, 2.75) is 26.8 Å². The monoisotopic (exact) mass is 377 g/mol. The van der Waals surface area contributed by atoms with E-state index >= 15 is 0 Å². The van der Waals surface area contributed by atoms with Crippen molar-refractivity contribution < 1.29 is 13.9 Å². The fourth-order valence-corrected chi connectivity index (χ4v) is 4.20. The SMILES string of the molecule is COc1ccc(F)cc1-c1nc(C)c(C(=O)N2CCN(C(C)C)CC2)s1. The van der Waals surface area contributed by atoms with Gasteiger partial charge < -0.3 is 9.64 Å². The maximum absolute atomic E-state index is 13.7. The van der Waals surface area contributed by atoms with E-state index in [4.69, 9.17) is 4.74 Å². The van der Waals surface area contributed by atoms with Crippen molar-refractivity contribution >= 4 is 17.2 Å². The van der Waals surface area contributed by atoms with Gasteiger partial charge in [0.15, 0.2) is 0 Å². The third-order valence-corrected chi connectivity index (χ3v) is 5.89. The normalized spacial score (nSPS) is 15.5. The van der Waals surface area contributed by atoms with Crippen LogP contribution in [0.5, 0.6) is 5.75 Å². The van der Waals surface area contributed by atoms with Crippen LogP contribution in [-0.4, -0.2) is 60.0 Å². The molecule has 0 unspecified atom stereocenters. The van der Waals surface area contributed by atoms with E-state index in [0.29, 0.717) is 46.0 Å². The van der Waals surface area contributed by atoms with E-state index in [0.717, 1.165) is 13.1 Å². The Labute approximate surface area is 157 Å². The second-order valence-electron chi connectivity index (χ2n) is 6.70. The zero-order valence-electron chi connectivity index (χ0n) is 15.6. The highest BCUT2D eigenvalue weighted by molar-refractivity contribution is 7.17. The molecule has 0 aliphatic carbocycles. The minimum Gasteiger partial charge on any atom is -0.496 e. The molecule has 1 fully saturated rings. The molecule has 1 aliphatic rings. The van der Waals surface area contributed by atoms with Gasteiger partial charge in [-0.3, -0.25) is 9.69 Å². The standard InChI is InChI=1S/C19H24FN3O2S/c1-12(2)22-7-9-23(10-8-22)19(24)17-13(3)21-18(26-17)15-11-14(20)5-6-16(15)25-4/h5-6,11-12H,7-10H2,1-4H3. The van der Waals surface area contributed by atoms with Crippen molar-refractivity contribution in [3.63, 3.8) is 0 Å². The maximum atomic E-state index is 13.7. The highest BCUT2D eigenvalue weighted by atomic mass is 32.1. The van der Waals surface area contributed by atoms with Crippen molar-refractivity contribution in [1.29, 1.82) is 0 Å². The molecular formula is C19H24FN3O2S. The topological polar surface area (TPSA) is 45.7 Å². The van der Waals surface area contributed by atoms with Gasteiger partial charge in [-0.25, -0.2) is 9.37 Å². The number of carbonyl (C=O) groups excluding carboxylic acids is 1. The Morgan fingerprint density at radius 3 is 2.58 bits per heavy atom. The quantitative estimate of drug-likeness (QED) is 0.819. The lowest BCUT2D eigenvalue weighted by Gasteiger charge is -2.36. The van der Waals surface area contributed by atoms with Crippen LogP contribution in [0.1, 0.15) is 29.2 Å². The fraction of sp³-hybridized carbons (Fsp3) is 0.474. The Kier molecular flexibility index (Phi) is 5.58. The number of amides is 1. The van der Waals surface area contributed by atoms with Gasteiger partial charge in [0.25, 0.3) is 5.91 Å². The van der Waals surface area contributed by atoms with Gasteiger partial charge in [-0.15, -0.1) is 11.3 Å². The second kappa shape index (κ2) is 7.72. The number of piperazine rings is 1. The van der Waals surface area contributed by atoms with Gasteiger partial charge in [-0.1, -0.05) is 0 Å². The molecular weight excluding hydrogens is 353 g/mol. The molecule has 0 radical (unpaired) electrons. The van der Waals surface area contributed by atoms with Crippen LogP contribution in [0.4, 0.5) is 4.39 Å². The number of ether oxygens (including phenoxy) is 1. The van der Waals surface area contributed by atoms with Crippen LogP contribution in [0.3, 0.4) is 0 Å². The summed E-state index contributed by atoms with van der Waals surface area (Å²) in [6.07, 6.45) is 0. The summed E-state index contributed by atoms with van der Waals surface area (Å²) in [5.74, 6) is 0.195. The highest BCUT2D eigenvalue weighted by Crippen LogP contribution is 2.35. The Balaban J connectivity index is 1.83. The third-order valence-electron chi connectivity index (χ3n) is 4.71. The van der Waals surface area contributed by atoms with Crippen LogP contribution in [0.25, 0.3) is 10.6 Å². The molecule has 1 aromatic carbocycles. The van der Waals surface area contributed by atoms with E-state index in [2.05, 4.69) is 23.7 Å². The number of methoxy groups -OCH3 is 1. The zero-order chi connectivity index (χ0) is 18.8. The molecule has 1 aromatic heterocycles. The number of benzene rings is 1. The van der Waals surface area contributed by atoms with Gasteiger partial charge in [-0.05, 0) is 39.0 Å². The van der Waals surface area contributed by atoms with E-state index in [1.165, 1.54) is 30.6 Å². The van der Waals surface area contributed by atoms with Crippen LogP contribution in [0.15, 0.2) is 18.2 Å². The molecule has 0 atom stereocenters. The summed E-state index contributed by atoms with van der Waals surface area (Å²) in [6.45, 7) is 9.36. The molecule has 0 spiro atoms. The number of thiazole rings is 1. The van der Waals surface area contributed by atoms with Crippen LogP contribution in [-0.2, 0) is 0 Å². The average Bonchev–Trinajstić information content (AvgIpc) is 3.02. The lowest BCUT2D eigenvalue weighted by molar-refractivity contribution is 0.0599. The fourth-order valence-electron chi connectivity index (χ4n) is 3.14. The molecule has 0 N–H and O–H groups in total. The lowest BCUT2D eigenvalue weighted by Crippen LogP contribution is -2.50. The number of halogens is 1. The second-order valence-corrected chi connectivity index (χ2v) is 7.70. The maximum Gasteiger partial charge on any atom is 0.265 e. The Morgan fingerprint density at radius 2 is 1.96 bits per heavy atom. The number of rotatable bonds is 4. The van der Waals surface area contributed by atoms with E-state index < -0.39 is 0 Å². The number of aryl methyl sites for hydroxylation is 1. The summed E-state index contributed by atoms with van der Waals surface area (Å²) in [4.78, 5) is 22.3. The minimum atomic E-state index is -0.355. The van der Waals surface area contributed by atoms with Gasteiger partial charge in [0.2, 0.25) is 0 Å². The summed E-state index contributed by atoms with van der Waals surface area (Å²) in [7, 11) is 1.54. The summed E-state index contributed by atoms with van der Waals surface area (Å²) >= 11 is 1.30. The predicted molar refractivity (Wildman–Crippen MR) is 101 cm³/mol. The zero-order valence-corrected chi connectivity index (χ0v) is 16.4. The first kappa shape index (κ1) is 18.8. The van der Waals surface area contributed by atoms with Crippen LogP contribution >= 0.6 is 11.3 Å². The van der Waals surface area contributed by atoms with Gasteiger partial charge >= 0.3 is 0 Å². The molecule has 140 valence electrons. The van der Waals surface area contributed by atoms with Gasteiger partial charge in [0, 0.05) is 32.2 Å². The van der Waals surface area contributed by atoms with Crippen molar-refractivity contribution in [3.05, 3.63) is 34.6 Å². The number of hydrogen-bond donors (Lipinski definition) is 0. The molecule has 2 heterocycles. The van der Waals surface area contributed by atoms with E-state index in [1.807, 2.05) is 11.8 Å². The molecule has 1 aliphatic heterocycles. The smallest absolute Gasteiger partial charge is 0.265 e. The molecule has 1 saturated heterocycles. The van der Waals surface area contributed by atoms with Crippen molar-refractivity contribution in [2.75, 3.05) is 33.3 Å². The van der Waals surface area contributed by atoms with E-state index in [9.17, 15) is 9.18 Å². The average molecular weight is 377 g/mol. The Bertz CT molecular complexity index is 798. The van der Waals surface area contributed by atoms with Crippen molar-refractivity contribution in [1.82, 2.24) is 14.8 Å². The molecule has 0 saturated carbocycles. The predicted octanol–water partition coefficient (Wildman–Crippen LogP) is 3.43. The summed E-state index contributed by atoms with van der Waals surface area (Å²) in [5, 5.41) is 0.600. The van der Waals surface area contributed by atoms with Crippen LogP contribution in [0.2, 0.25) is 0 Å². The van der Waals surface area contributed by atoms with Gasteiger partial charge in [-0.2, -0.15) is 0 Å². The summed E-state index contributed by atoms with van der Waals surface area (Å²) < 4.78 is 19.0. The largest absolute Gasteiger partial charge is 0.496 e. The Hall–Kier alpha value is -1.99. The molecule has 7 heteroatoms. The minimum absolute atomic E-state index is 0.00465. The summed E-state index contributed by atoms with van der Waals surface area (Å²) in [5.41, 5.74) is 1.25.